The number of hydrogen-bond acceptors (Lipinski definition) is 7. The Morgan fingerprint density at radius 1 is 1.11 bits per heavy atom. The molecule has 0 bridgehead atoms. The van der Waals surface area contributed by atoms with E-state index in [1.54, 1.807) is 0 Å². The van der Waals surface area contributed by atoms with Crippen LogP contribution in [0.3, 0.4) is 0 Å². The van der Waals surface area contributed by atoms with Crippen molar-refractivity contribution in [3.05, 3.63) is 35.9 Å². The number of rotatable bonds is 3. The summed E-state index contributed by atoms with van der Waals surface area (Å²) in [5, 5.41) is 4.64. The average Bonchev–Trinajstić information content (AvgIpc) is 3.11. The maximum Gasteiger partial charge on any atom is 0.250 e. The summed E-state index contributed by atoms with van der Waals surface area (Å²) in [5.41, 5.74) is 1.88. The number of carbonyl (C=O) groups excluding carboxylic acids is 1. The number of ether oxygens (including phenoxy) is 1. The van der Waals surface area contributed by atoms with E-state index in [4.69, 9.17) is 4.74 Å². The minimum atomic E-state index is 0.0710. The third kappa shape index (κ3) is 3.26. The Balaban J connectivity index is 1.34. The summed E-state index contributed by atoms with van der Waals surface area (Å²) >= 11 is 0. The van der Waals surface area contributed by atoms with E-state index in [1.807, 2.05) is 22.9 Å². The van der Waals surface area contributed by atoms with E-state index in [-0.39, 0.29) is 11.7 Å². The molecule has 1 aromatic heterocycles. The van der Waals surface area contributed by atoms with Gasteiger partial charge in [-0.2, -0.15) is 4.98 Å². The minimum Gasteiger partial charge on any atom is -0.378 e. The van der Waals surface area contributed by atoms with Gasteiger partial charge in [-0.3, -0.25) is 9.69 Å². The topological polar surface area (TPSA) is 75.9 Å². The van der Waals surface area contributed by atoms with Gasteiger partial charge in [0.2, 0.25) is 11.9 Å². The van der Waals surface area contributed by atoms with E-state index in [1.165, 1.54) is 5.56 Å². The maximum atomic E-state index is 12.7. The van der Waals surface area contributed by atoms with Crippen molar-refractivity contribution in [2.24, 2.45) is 10.9 Å². The number of hydrogen-bond donors (Lipinski definition) is 0. The predicted molar refractivity (Wildman–Crippen MR) is 100 cm³/mol. The quantitative estimate of drug-likeness (QED) is 0.804. The van der Waals surface area contributed by atoms with Crippen LogP contribution in [-0.4, -0.2) is 70.6 Å². The van der Waals surface area contributed by atoms with Gasteiger partial charge in [-0.25, -0.2) is 9.67 Å². The molecule has 0 aliphatic carbocycles. The molecule has 140 valence electrons. The first kappa shape index (κ1) is 16.6. The second-order valence-corrected chi connectivity index (χ2v) is 7.27. The lowest BCUT2D eigenvalue weighted by molar-refractivity contribution is -0.115. The molecule has 27 heavy (non-hydrogen) atoms. The van der Waals surface area contributed by atoms with Crippen LogP contribution in [0.2, 0.25) is 0 Å². The summed E-state index contributed by atoms with van der Waals surface area (Å²) in [5.74, 6) is 1.41. The zero-order valence-corrected chi connectivity index (χ0v) is 15.1. The van der Waals surface area contributed by atoms with Crippen LogP contribution in [0.5, 0.6) is 0 Å². The molecular formula is C19H22N6O2. The molecule has 5 rings (SSSR count). The second-order valence-electron chi connectivity index (χ2n) is 7.27. The molecule has 8 nitrogen and oxygen atoms in total. The molecule has 2 aromatic rings. The molecule has 1 unspecified atom stereocenters. The van der Waals surface area contributed by atoms with Crippen molar-refractivity contribution in [1.82, 2.24) is 19.7 Å². The Bertz CT molecular complexity index is 872. The molecule has 1 aromatic carbocycles. The Kier molecular flexibility index (Phi) is 4.21. The zero-order valence-electron chi connectivity index (χ0n) is 15.1. The van der Waals surface area contributed by atoms with E-state index in [0.29, 0.717) is 43.9 Å². The highest BCUT2D eigenvalue weighted by atomic mass is 16.5. The highest BCUT2D eigenvalue weighted by molar-refractivity contribution is 6.42. The molecule has 2 saturated heterocycles. The largest absolute Gasteiger partial charge is 0.378 e. The number of nitrogens with zero attached hydrogens (tertiary/aromatic N) is 6. The minimum absolute atomic E-state index is 0.0710. The number of carbonyl (C=O) groups is 1. The van der Waals surface area contributed by atoms with E-state index >= 15 is 0 Å². The first-order valence-electron chi connectivity index (χ1n) is 9.42. The lowest BCUT2D eigenvalue weighted by atomic mass is 9.93. The Morgan fingerprint density at radius 3 is 2.74 bits per heavy atom. The summed E-state index contributed by atoms with van der Waals surface area (Å²) in [6.07, 6.45) is 0. The average molecular weight is 366 g/mol. The van der Waals surface area contributed by atoms with E-state index in [0.717, 1.165) is 26.2 Å². The Labute approximate surface area is 157 Å². The van der Waals surface area contributed by atoms with Gasteiger partial charge in [0.05, 0.1) is 32.0 Å². The second kappa shape index (κ2) is 6.86. The first-order chi connectivity index (χ1) is 13.3. The number of fused-ring (bicyclic) bond motifs is 2. The Morgan fingerprint density at radius 2 is 1.93 bits per heavy atom. The van der Waals surface area contributed by atoms with Crippen LogP contribution in [0.4, 0.5) is 11.9 Å². The molecule has 0 radical (unpaired) electrons. The van der Waals surface area contributed by atoms with Crippen LogP contribution < -0.4 is 4.90 Å². The lowest BCUT2D eigenvalue weighted by Gasteiger charge is -2.34. The van der Waals surface area contributed by atoms with Crippen molar-refractivity contribution in [2.45, 2.75) is 13.1 Å². The fourth-order valence-electron chi connectivity index (χ4n) is 3.98. The standard InChI is InChI=1S/C19H22N6O2/c26-16-13-23(10-14-4-2-1-3-5-14)11-15-12-25-18(20-17(15)16)21-19(22-25)24-6-8-27-9-7-24/h1-5,15H,6-13H2. The van der Waals surface area contributed by atoms with Crippen molar-refractivity contribution >= 4 is 23.4 Å². The molecule has 3 aliphatic heterocycles. The lowest BCUT2D eigenvalue weighted by Crippen LogP contribution is -2.49. The van der Waals surface area contributed by atoms with Crippen LogP contribution in [0, 0.1) is 5.92 Å². The number of morpholine rings is 1. The summed E-state index contributed by atoms with van der Waals surface area (Å²) < 4.78 is 7.24. The van der Waals surface area contributed by atoms with Crippen LogP contribution in [-0.2, 0) is 22.6 Å². The van der Waals surface area contributed by atoms with Crippen molar-refractivity contribution < 1.29 is 9.53 Å². The van der Waals surface area contributed by atoms with Gasteiger partial charge in [0, 0.05) is 32.1 Å². The summed E-state index contributed by atoms with van der Waals surface area (Å²) in [6.45, 7) is 5.60. The number of aromatic nitrogens is 3. The number of aliphatic imine (C=N–C) groups is 1. The molecule has 0 N–H and O–H groups in total. The van der Waals surface area contributed by atoms with Gasteiger partial charge in [0.1, 0.15) is 0 Å². The van der Waals surface area contributed by atoms with E-state index < -0.39 is 0 Å². The van der Waals surface area contributed by atoms with Crippen molar-refractivity contribution in [1.29, 1.82) is 0 Å². The Hall–Kier alpha value is -2.58. The monoisotopic (exact) mass is 366 g/mol. The van der Waals surface area contributed by atoms with Crippen molar-refractivity contribution in [2.75, 3.05) is 44.3 Å². The fraction of sp³-hybridized carbons (Fsp3) is 0.474. The third-order valence-corrected chi connectivity index (χ3v) is 5.32. The number of likely N-dealkylation sites (tertiary alicyclic amines) is 1. The fourth-order valence-corrected chi connectivity index (χ4v) is 3.98. The van der Waals surface area contributed by atoms with E-state index in [2.05, 4.69) is 37.0 Å². The smallest absolute Gasteiger partial charge is 0.250 e. The SMILES string of the molecule is O=C1CN(Cc2ccccc2)CC2Cn3nc(N4CCOCC4)nc3N=C12. The molecular weight excluding hydrogens is 344 g/mol. The number of piperidine rings is 1. The van der Waals surface area contributed by atoms with Crippen LogP contribution >= 0.6 is 0 Å². The van der Waals surface area contributed by atoms with E-state index in [9.17, 15) is 4.79 Å². The zero-order chi connectivity index (χ0) is 18.2. The molecule has 3 aliphatic rings. The normalized spacial score (nSPS) is 23.0. The van der Waals surface area contributed by atoms with Crippen molar-refractivity contribution in [3.8, 4) is 0 Å². The number of Topliss-reactive ketones (excluding diaryl/α,β-unsaturated/α-hetero) is 1. The number of anilines is 1. The molecule has 0 spiro atoms. The van der Waals surface area contributed by atoms with Gasteiger partial charge < -0.3 is 9.64 Å². The van der Waals surface area contributed by atoms with Gasteiger partial charge in [0.25, 0.3) is 0 Å². The third-order valence-electron chi connectivity index (χ3n) is 5.32. The molecule has 8 heteroatoms. The van der Waals surface area contributed by atoms with Gasteiger partial charge in [-0.05, 0) is 5.56 Å². The summed E-state index contributed by atoms with van der Waals surface area (Å²) in [6, 6.07) is 10.3. The molecule has 4 heterocycles. The van der Waals surface area contributed by atoms with Crippen LogP contribution in [0.25, 0.3) is 0 Å². The van der Waals surface area contributed by atoms with Crippen molar-refractivity contribution in [3.63, 3.8) is 0 Å². The maximum absolute atomic E-state index is 12.7. The van der Waals surface area contributed by atoms with Crippen LogP contribution in [0.1, 0.15) is 5.56 Å². The van der Waals surface area contributed by atoms with Crippen LogP contribution in [0.15, 0.2) is 35.3 Å². The van der Waals surface area contributed by atoms with Gasteiger partial charge in [0.15, 0.2) is 5.78 Å². The van der Waals surface area contributed by atoms with Gasteiger partial charge in [-0.1, -0.05) is 30.3 Å². The first-order valence-corrected chi connectivity index (χ1v) is 9.42. The highest BCUT2D eigenvalue weighted by Gasteiger charge is 2.36. The summed E-state index contributed by atoms with van der Waals surface area (Å²) in [4.78, 5) is 26.1. The molecule has 1 atom stereocenters. The number of ketones is 1. The predicted octanol–water partition coefficient (Wildman–Crippen LogP) is 0.902. The number of benzene rings is 1. The summed E-state index contributed by atoms with van der Waals surface area (Å²) in [7, 11) is 0. The molecule has 0 saturated carbocycles. The van der Waals surface area contributed by atoms with Gasteiger partial charge >= 0.3 is 0 Å². The highest BCUT2D eigenvalue weighted by Crippen LogP contribution is 2.27. The molecule has 0 amide bonds. The van der Waals surface area contributed by atoms with Gasteiger partial charge in [-0.15, -0.1) is 5.10 Å². The molecule has 2 fully saturated rings.